The molecule has 0 unspecified atom stereocenters. The highest BCUT2D eigenvalue weighted by atomic mass is 32.2. The Morgan fingerprint density at radius 2 is 1.73 bits per heavy atom. The van der Waals surface area contributed by atoms with Gasteiger partial charge in [0, 0.05) is 10.6 Å². The van der Waals surface area contributed by atoms with E-state index in [0.29, 0.717) is 11.0 Å². The third kappa shape index (κ3) is 4.91. The van der Waals surface area contributed by atoms with Gasteiger partial charge in [0.2, 0.25) is 11.8 Å². The molecule has 0 radical (unpaired) electrons. The third-order valence-electron chi connectivity index (χ3n) is 4.76. The predicted octanol–water partition coefficient (Wildman–Crippen LogP) is 3.66. The first-order valence-electron chi connectivity index (χ1n) is 9.46. The predicted molar refractivity (Wildman–Crippen MR) is 124 cm³/mol. The molecule has 0 atom stereocenters. The number of thioether (sulfide) groups is 1. The number of anilines is 2. The van der Waals surface area contributed by atoms with Crippen LogP contribution in [0, 0.1) is 34.6 Å². The highest BCUT2D eigenvalue weighted by Crippen LogP contribution is 2.33. The minimum absolute atomic E-state index is 0.0997. The summed E-state index contributed by atoms with van der Waals surface area (Å²) in [5, 5.41) is 6.83. The highest BCUT2D eigenvalue weighted by molar-refractivity contribution is 7.99. The maximum Gasteiger partial charge on any atom is 0.243 e. The van der Waals surface area contributed by atoms with Crippen LogP contribution in [0.5, 0.6) is 0 Å². The summed E-state index contributed by atoms with van der Waals surface area (Å²) in [4.78, 5) is 35.2. The van der Waals surface area contributed by atoms with Crippen LogP contribution in [0.4, 0.5) is 11.5 Å². The zero-order valence-corrected chi connectivity index (χ0v) is 19.3. The van der Waals surface area contributed by atoms with Gasteiger partial charge in [-0.05, 0) is 51.3 Å². The van der Waals surface area contributed by atoms with Crippen LogP contribution in [-0.2, 0) is 9.59 Å². The third-order valence-corrected chi connectivity index (χ3v) is 6.70. The van der Waals surface area contributed by atoms with E-state index in [4.69, 9.17) is 5.73 Å². The summed E-state index contributed by atoms with van der Waals surface area (Å²) in [7, 11) is 0. The van der Waals surface area contributed by atoms with Gasteiger partial charge in [-0.15, -0.1) is 11.3 Å². The van der Waals surface area contributed by atoms with E-state index >= 15 is 0 Å². The number of rotatable bonds is 6. The number of benzene rings is 1. The second kappa shape index (κ2) is 9.01. The summed E-state index contributed by atoms with van der Waals surface area (Å²) >= 11 is 2.76. The molecular weight excluding hydrogens is 418 g/mol. The fraction of sp³-hybridized carbons (Fsp3) is 0.333. The van der Waals surface area contributed by atoms with Crippen LogP contribution in [0.25, 0.3) is 10.2 Å². The minimum atomic E-state index is -0.270. The van der Waals surface area contributed by atoms with Gasteiger partial charge in [-0.25, -0.2) is 9.97 Å². The number of nitrogens with one attached hydrogen (secondary N) is 2. The van der Waals surface area contributed by atoms with Gasteiger partial charge in [-0.2, -0.15) is 0 Å². The number of aromatic nitrogens is 2. The second-order valence-electron chi connectivity index (χ2n) is 7.24. The van der Waals surface area contributed by atoms with E-state index < -0.39 is 0 Å². The SMILES string of the molecule is Cc1cc(C)c(NC(=O)CNC(=O)CSc2nc(N)c3c(C)c(C)sc3n2)c(C)c1. The Labute approximate surface area is 183 Å². The molecule has 7 nitrogen and oxygen atoms in total. The quantitative estimate of drug-likeness (QED) is 0.396. The lowest BCUT2D eigenvalue weighted by Crippen LogP contribution is -2.34. The molecule has 0 fully saturated rings. The monoisotopic (exact) mass is 443 g/mol. The summed E-state index contributed by atoms with van der Waals surface area (Å²) in [5.41, 5.74) is 11.1. The lowest BCUT2D eigenvalue weighted by atomic mass is 10.1. The molecule has 9 heteroatoms. The number of nitrogens with zero attached hydrogens (tertiary/aromatic N) is 2. The number of hydrogen-bond acceptors (Lipinski definition) is 7. The van der Waals surface area contributed by atoms with Crippen molar-refractivity contribution in [1.29, 1.82) is 0 Å². The van der Waals surface area contributed by atoms with Crippen molar-refractivity contribution in [2.45, 2.75) is 39.8 Å². The minimum Gasteiger partial charge on any atom is -0.383 e. The van der Waals surface area contributed by atoms with Crippen LogP contribution in [0.1, 0.15) is 27.1 Å². The molecular formula is C21H25N5O2S2. The fourth-order valence-electron chi connectivity index (χ4n) is 3.25. The Bertz CT molecular complexity index is 1120. The Morgan fingerprint density at radius 1 is 1.07 bits per heavy atom. The number of amides is 2. The average molecular weight is 444 g/mol. The van der Waals surface area contributed by atoms with Crippen molar-refractivity contribution in [2.75, 3.05) is 23.3 Å². The number of thiophene rings is 1. The summed E-state index contributed by atoms with van der Waals surface area (Å²) in [5.74, 6) is -0.0133. The number of nitrogens with two attached hydrogens (primary N) is 1. The Hall–Kier alpha value is -2.65. The Morgan fingerprint density at radius 3 is 2.40 bits per heavy atom. The summed E-state index contributed by atoms with van der Waals surface area (Å²) in [6, 6.07) is 4.02. The fourth-order valence-corrected chi connectivity index (χ4v) is 5.02. The number of fused-ring (bicyclic) bond motifs is 1. The van der Waals surface area contributed by atoms with E-state index in [1.54, 1.807) is 11.3 Å². The van der Waals surface area contributed by atoms with Crippen molar-refractivity contribution in [2.24, 2.45) is 0 Å². The molecule has 0 aliphatic heterocycles. The van der Waals surface area contributed by atoms with Gasteiger partial charge in [0.25, 0.3) is 0 Å². The molecule has 0 spiro atoms. The molecule has 0 aliphatic carbocycles. The maximum absolute atomic E-state index is 12.2. The molecule has 2 heterocycles. The molecule has 158 valence electrons. The first kappa shape index (κ1) is 22.0. The molecule has 4 N–H and O–H groups in total. The lowest BCUT2D eigenvalue weighted by Gasteiger charge is -2.13. The molecule has 2 aromatic heterocycles. The molecule has 0 bridgehead atoms. The average Bonchev–Trinajstić information content (AvgIpc) is 2.95. The molecule has 3 aromatic rings. The second-order valence-corrected chi connectivity index (χ2v) is 9.39. The number of nitrogen functional groups attached to an aromatic ring is 1. The molecule has 0 saturated carbocycles. The van der Waals surface area contributed by atoms with Crippen LogP contribution in [0.15, 0.2) is 17.3 Å². The van der Waals surface area contributed by atoms with E-state index in [1.807, 2.05) is 46.8 Å². The number of hydrogen-bond donors (Lipinski definition) is 3. The van der Waals surface area contributed by atoms with E-state index in [2.05, 4.69) is 20.6 Å². The largest absolute Gasteiger partial charge is 0.383 e. The maximum atomic E-state index is 12.2. The normalized spacial score (nSPS) is 11.0. The number of carbonyl (C=O) groups excluding carboxylic acids is 2. The molecule has 30 heavy (non-hydrogen) atoms. The Balaban J connectivity index is 1.54. The smallest absolute Gasteiger partial charge is 0.243 e. The van der Waals surface area contributed by atoms with Crippen molar-refractivity contribution >= 4 is 56.6 Å². The summed E-state index contributed by atoms with van der Waals surface area (Å²) < 4.78 is 0. The van der Waals surface area contributed by atoms with E-state index in [0.717, 1.165) is 43.0 Å². The first-order chi connectivity index (χ1) is 14.2. The van der Waals surface area contributed by atoms with Gasteiger partial charge < -0.3 is 16.4 Å². The molecule has 3 rings (SSSR count). The van der Waals surface area contributed by atoms with Gasteiger partial charge >= 0.3 is 0 Å². The number of aryl methyl sites for hydroxylation is 5. The topological polar surface area (TPSA) is 110 Å². The zero-order chi connectivity index (χ0) is 22.0. The van der Waals surface area contributed by atoms with Crippen LogP contribution < -0.4 is 16.4 Å². The van der Waals surface area contributed by atoms with E-state index in [9.17, 15) is 9.59 Å². The molecule has 2 amide bonds. The standard InChI is InChI=1S/C21H25N5O2S2/c1-10-6-11(2)18(12(3)7-10)24-15(27)8-23-16(28)9-29-21-25-19(22)17-13(4)14(5)30-20(17)26-21/h6-7H,8-9H2,1-5H3,(H,23,28)(H,24,27)(H2,22,25,26). The van der Waals surface area contributed by atoms with Gasteiger partial charge in [0.1, 0.15) is 10.6 Å². The lowest BCUT2D eigenvalue weighted by molar-refractivity contribution is -0.122. The van der Waals surface area contributed by atoms with Crippen molar-refractivity contribution in [3.8, 4) is 0 Å². The molecule has 1 aromatic carbocycles. The van der Waals surface area contributed by atoms with Gasteiger partial charge in [-0.3, -0.25) is 9.59 Å². The highest BCUT2D eigenvalue weighted by Gasteiger charge is 2.14. The van der Waals surface area contributed by atoms with Crippen molar-refractivity contribution in [3.05, 3.63) is 39.3 Å². The van der Waals surface area contributed by atoms with Gasteiger partial charge in [0.05, 0.1) is 17.7 Å². The van der Waals surface area contributed by atoms with Gasteiger partial charge in [-0.1, -0.05) is 29.5 Å². The van der Waals surface area contributed by atoms with Crippen molar-refractivity contribution in [3.63, 3.8) is 0 Å². The van der Waals surface area contributed by atoms with Crippen LogP contribution >= 0.6 is 23.1 Å². The van der Waals surface area contributed by atoms with Gasteiger partial charge in [0.15, 0.2) is 5.16 Å². The Kier molecular flexibility index (Phi) is 6.62. The van der Waals surface area contributed by atoms with E-state index in [-0.39, 0.29) is 24.1 Å². The molecule has 0 aliphatic rings. The first-order valence-corrected chi connectivity index (χ1v) is 11.3. The zero-order valence-electron chi connectivity index (χ0n) is 17.7. The summed E-state index contributed by atoms with van der Waals surface area (Å²) in [6.07, 6.45) is 0. The molecule has 0 saturated heterocycles. The van der Waals surface area contributed by atoms with Crippen LogP contribution in [-0.4, -0.2) is 34.1 Å². The summed E-state index contributed by atoms with van der Waals surface area (Å²) in [6.45, 7) is 9.83. The number of carbonyl (C=O) groups is 2. The van der Waals surface area contributed by atoms with E-state index in [1.165, 1.54) is 11.8 Å². The van der Waals surface area contributed by atoms with Crippen LogP contribution in [0.3, 0.4) is 0 Å². The van der Waals surface area contributed by atoms with Crippen molar-refractivity contribution in [1.82, 2.24) is 15.3 Å². The van der Waals surface area contributed by atoms with Crippen molar-refractivity contribution < 1.29 is 9.59 Å². The van der Waals surface area contributed by atoms with Crippen LogP contribution in [0.2, 0.25) is 0 Å².